The fraction of sp³-hybridized carbons (Fsp3) is 0.517. The molecule has 4 amide bonds. The van der Waals surface area contributed by atoms with Crippen molar-refractivity contribution in [2.45, 2.75) is 71.5 Å². The van der Waals surface area contributed by atoms with E-state index in [0.29, 0.717) is 30.7 Å². The van der Waals surface area contributed by atoms with Crippen molar-refractivity contribution in [3.8, 4) is 5.75 Å². The molecule has 4 N–H and O–H groups in total. The van der Waals surface area contributed by atoms with Crippen molar-refractivity contribution >= 4 is 23.6 Å². The molecule has 3 rings (SSSR count). The van der Waals surface area contributed by atoms with E-state index in [2.05, 4.69) is 31.2 Å². The molecule has 2 heterocycles. The van der Waals surface area contributed by atoms with Gasteiger partial charge in [0.25, 0.3) is 5.91 Å². The van der Waals surface area contributed by atoms with Crippen molar-refractivity contribution in [3.63, 3.8) is 0 Å². The molecule has 0 saturated heterocycles. The molecule has 0 spiro atoms. The monoisotopic (exact) mass is 552 g/mol. The summed E-state index contributed by atoms with van der Waals surface area (Å²) in [5.74, 6) is -1.17. The Morgan fingerprint density at radius 1 is 1.02 bits per heavy atom. The molecule has 0 fully saturated rings. The topological polar surface area (TPSA) is 151 Å². The van der Waals surface area contributed by atoms with E-state index in [9.17, 15) is 19.2 Å². The number of hydrogen-bond donors (Lipinski definition) is 4. The number of rotatable bonds is 8. The van der Waals surface area contributed by atoms with Gasteiger partial charge in [0, 0.05) is 31.6 Å². The first-order valence-electron chi connectivity index (χ1n) is 13.8. The Morgan fingerprint density at radius 3 is 2.48 bits per heavy atom. The second-order valence-corrected chi connectivity index (χ2v) is 10.9. The van der Waals surface area contributed by atoms with Gasteiger partial charge in [0.2, 0.25) is 17.7 Å². The number of ether oxygens (including phenoxy) is 1. The van der Waals surface area contributed by atoms with Gasteiger partial charge in [-0.2, -0.15) is 0 Å². The number of benzene rings is 1. The van der Waals surface area contributed by atoms with Crippen LogP contribution in [0.2, 0.25) is 0 Å². The molecule has 0 unspecified atom stereocenters. The van der Waals surface area contributed by atoms with Gasteiger partial charge in [-0.25, -0.2) is 0 Å². The third-order valence-electron chi connectivity index (χ3n) is 6.34. The summed E-state index contributed by atoms with van der Waals surface area (Å²) in [4.78, 5) is 61.1. The van der Waals surface area contributed by atoms with E-state index in [1.165, 1.54) is 0 Å². The molecule has 40 heavy (non-hydrogen) atoms. The smallest absolute Gasteiger partial charge is 0.255 e. The summed E-state index contributed by atoms with van der Waals surface area (Å²) in [6.07, 6.45) is 5.87. The second-order valence-electron chi connectivity index (χ2n) is 10.9. The minimum absolute atomic E-state index is 0.126. The summed E-state index contributed by atoms with van der Waals surface area (Å²) in [7, 11) is 0. The molecular weight excluding hydrogens is 512 g/mol. The molecule has 1 aliphatic heterocycles. The molecule has 1 aromatic carbocycles. The number of hydrogen-bond acceptors (Lipinski definition) is 7. The Labute approximate surface area is 235 Å². The lowest BCUT2D eigenvalue weighted by Gasteiger charge is -2.27. The SMILES string of the molecule is CC(C)C[C@@H]1COc2ccccc2C(=O)N[C@H](C(=O)NCCc2cnccn2)CC(=O)N[C@@H](CC(C)C)C(=O)N1. The molecule has 0 aliphatic carbocycles. The van der Waals surface area contributed by atoms with Crippen LogP contribution in [0.5, 0.6) is 5.75 Å². The molecule has 0 bridgehead atoms. The summed E-state index contributed by atoms with van der Waals surface area (Å²) >= 11 is 0. The average Bonchev–Trinajstić information content (AvgIpc) is 2.90. The Bertz CT molecular complexity index is 1160. The second kappa shape index (κ2) is 14.9. The lowest BCUT2D eigenvalue weighted by atomic mass is 10.00. The number of aromatic nitrogens is 2. The number of fused-ring (bicyclic) bond motifs is 1. The maximum Gasteiger partial charge on any atom is 0.255 e. The van der Waals surface area contributed by atoms with Crippen LogP contribution in [0, 0.1) is 11.8 Å². The molecule has 2 aromatic rings. The molecule has 0 saturated carbocycles. The van der Waals surface area contributed by atoms with Gasteiger partial charge < -0.3 is 26.0 Å². The zero-order valence-electron chi connectivity index (χ0n) is 23.6. The number of amides is 4. The van der Waals surface area contributed by atoms with E-state index in [1.54, 1.807) is 42.9 Å². The number of para-hydroxylation sites is 1. The Hall–Kier alpha value is -4.02. The van der Waals surface area contributed by atoms with Crippen LogP contribution in [-0.4, -0.2) is 64.9 Å². The summed E-state index contributed by atoms with van der Waals surface area (Å²) in [5.41, 5.74) is 0.921. The molecule has 0 radical (unpaired) electrons. The molecule has 11 nitrogen and oxygen atoms in total. The maximum atomic E-state index is 13.3. The lowest BCUT2D eigenvalue weighted by molar-refractivity contribution is -0.131. The first kappa shape index (κ1) is 30.5. The van der Waals surface area contributed by atoms with Gasteiger partial charge >= 0.3 is 0 Å². The molecule has 1 aromatic heterocycles. The van der Waals surface area contributed by atoms with Gasteiger partial charge in [0.1, 0.15) is 24.4 Å². The average molecular weight is 553 g/mol. The highest BCUT2D eigenvalue weighted by atomic mass is 16.5. The number of carbonyl (C=O) groups excluding carboxylic acids is 4. The van der Waals surface area contributed by atoms with E-state index < -0.39 is 29.8 Å². The van der Waals surface area contributed by atoms with Gasteiger partial charge in [-0.15, -0.1) is 0 Å². The van der Waals surface area contributed by atoms with Crippen LogP contribution in [0.4, 0.5) is 0 Å². The fourth-order valence-corrected chi connectivity index (χ4v) is 4.49. The predicted octanol–water partition coefficient (Wildman–Crippen LogP) is 1.78. The molecule has 3 atom stereocenters. The van der Waals surface area contributed by atoms with E-state index in [1.807, 2.05) is 27.7 Å². The van der Waals surface area contributed by atoms with Crippen molar-refractivity contribution in [1.82, 2.24) is 31.2 Å². The Morgan fingerprint density at radius 2 is 1.77 bits per heavy atom. The van der Waals surface area contributed by atoms with Crippen LogP contribution >= 0.6 is 0 Å². The van der Waals surface area contributed by atoms with Crippen LogP contribution in [0.3, 0.4) is 0 Å². The molecular formula is C29H40N6O5. The summed E-state index contributed by atoms with van der Waals surface area (Å²) in [6, 6.07) is 4.39. The van der Waals surface area contributed by atoms with Gasteiger partial charge in [-0.3, -0.25) is 29.1 Å². The normalized spacial score (nSPS) is 20.4. The van der Waals surface area contributed by atoms with Crippen LogP contribution < -0.4 is 26.0 Å². The number of nitrogens with zero attached hydrogens (tertiary/aromatic N) is 2. The minimum atomic E-state index is -1.18. The minimum Gasteiger partial charge on any atom is -0.491 e. The highest BCUT2D eigenvalue weighted by Crippen LogP contribution is 2.20. The van der Waals surface area contributed by atoms with Gasteiger partial charge in [0.15, 0.2) is 0 Å². The van der Waals surface area contributed by atoms with Gasteiger partial charge in [0.05, 0.1) is 23.7 Å². The van der Waals surface area contributed by atoms with E-state index in [-0.39, 0.29) is 48.9 Å². The quantitative estimate of drug-likeness (QED) is 0.390. The lowest BCUT2D eigenvalue weighted by Crippen LogP contribution is -2.54. The van der Waals surface area contributed by atoms with Crippen molar-refractivity contribution in [1.29, 1.82) is 0 Å². The van der Waals surface area contributed by atoms with Crippen molar-refractivity contribution < 1.29 is 23.9 Å². The predicted molar refractivity (Wildman–Crippen MR) is 149 cm³/mol. The third-order valence-corrected chi connectivity index (χ3v) is 6.34. The summed E-state index contributed by atoms with van der Waals surface area (Å²) in [6.45, 7) is 8.40. The van der Waals surface area contributed by atoms with Crippen LogP contribution in [0.1, 0.15) is 63.0 Å². The van der Waals surface area contributed by atoms with E-state index in [0.717, 1.165) is 0 Å². The van der Waals surface area contributed by atoms with Gasteiger partial charge in [-0.1, -0.05) is 39.8 Å². The van der Waals surface area contributed by atoms with Crippen molar-refractivity contribution in [2.75, 3.05) is 13.2 Å². The van der Waals surface area contributed by atoms with E-state index in [4.69, 9.17) is 4.74 Å². The molecule has 216 valence electrons. The van der Waals surface area contributed by atoms with Gasteiger partial charge in [-0.05, 0) is 36.8 Å². The Balaban J connectivity index is 1.86. The molecule has 11 heteroatoms. The Kier molecular flexibility index (Phi) is 11.4. The van der Waals surface area contributed by atoms with E-state index >= 15 is 0 Å². The molecule has 1 aliphatic rings. The fourth-order valence-electron chi connectivity index (χ4n) is 4.49. The highest BCUT2D eigenvalue weighted by Gasteiger charge is 2.30. The van der Waals surface area contributed by atoms with Crippen LogP contribution in [0.25, 0.3) is 0 Å². The summed E-state index contributed by atoms with van der Waals surface area (Å²) < 4.78 is 6.04. The zero-order valence-corrected chi connectivity index (χ0v) is 23.6. The van der Waals surface area contributed by atoms with Crippen LogP contribution in [0.15, 0.2) is 42.9 Å². The zero-order chi connectivity index (χ0) is 29.1. The third kappa shape index (κ3) is 9.62. The number of nitrogens with one attached hydrogen (secondary N) is 4. The highest BCUT2D eigenvalue weighted by molar-refractivity contribution is 6.01. The van der Waals surface area contributed by atoms with Crippen LogP contribution in [-0.2, 0) is 20.8 Å². The first-order chi connectivity index (χ1) is 19.1. The summed E-state index contributed by atoms with van der Waals surface area (Å²) in [5, 5.41) is 11.3. The van der Waals surface area contributed by atoms with Crippen molar-refractivity contribution in [3.05, 3.63) is 54.1 Å². The largest absolute Gasteiger partial charge is 0.491 e. The standard InChI is InChI=1S/C29H40N6O5/c1-18(2)13-21-17-40-25-8-6-5-7-22(25)27(37)35-24(28(38)32-10-9-20-16-30-11-12-31-20)15-26(36)34-23(14-19(3)4)29(39)33-21/h5-8,11-12,16,18-19,21,23-24H,9-10,13-15,17H2,1-4H3,(H,32,38)(H,33,39)(H,34,36)(H,35,37)/t21-,23+,24+/m1/s1. The number of carbonyl (C=O) groups is 4. The maximum absolute atomic E-state index is 13.3. The van der Waals surface area contributed by atoms with Crippen molar-refractivity contribution in [2.24, 2.45) is 11.8 Å². The first-order valence-corrected chi connectivity index (χ1v) is 13.8.